The average Bonchev–Trinajstić information content (AvgIpc) is 2.74. The van der Waals surface area contributed by atoms with E-state index in [1.54, 1.807) is 36.4 Å². The predicted molar refractivity (Wildman–Crippen MR) is 116 cm³/mol. The molecule has 0 unspecified atom stereocenters. The summed E-state index contributed by atoms with van der Waals surface area (Å²) < 4.78 is 11.9. The zero-order valence-electron chi connectivity index (χ0n) is 16.6. The molecule has 0 radical (unpaired) electrons. The van der Waals surface area contributed by atoms with Crippen LogP contribution in [0, 0.1) is 0 Å². The number of hydrogen-bond donors (Lipinski definition) is 1. The van der Waals surface area contributed by atoms with Crippen LogP contribution in [0.15, 0.2) is 41.6 Å². The fraction of sp³-hybridized carbons (Fsp3) is 0.364. The Kier molecular flexibility index (Phi) is 7.82. The van der Waals surface area contributed by atoms with Gasteiger partial charge in [0.25, 0.3) is 0 Å². The van der Waals surface area contributed by atoms with E-state index in [4.69, 9.17) is 32.7 Å². The van der Waals surface area contributed by atoms with Gasteiger partial charge in [-0.3, -0.25) is 0 Å². The van der Waals surface area contributed by atoms with Gasteiger partial charge in [-0.1, -0.05) is 59.0 Å². The molecule has 0 atom stereocenters. The Morgan fingerprint density at radius 1 is 1.13 bits per heavy atom. The molecule has 8 heteroatoms. The van der Waals surface area contributed by atoms with Gasteiger partial charge in [0.1, 0.15) is 19.5 Å². The largest absolute Gasteiger partial charge is 0.489 e. The van der Waals surface area contributed by atoms with E-state index >= 15 is 0 Å². The number of nitrogens with zero attached hydrogens (tertiary/aromatic N) is 1. The van der Waals surface area contributed by atoms with Crippen molar-refractivity contribution in [2.45, 2.75) is 44.8 Å². The van der Waals surface area contributed by atoms with Crippen LogP contribution in [-0.4, -0.2) is 30.0 Å². The summed E-state index contributed by atoms with van der Waals surface area (Å²) in [5.41, 5.74) is 0.829. The van der Waals surface area contributed by atoms with Crippen LogP contribution in [0.4, 0.5) is 0 Å². The van der Waals surface area contributed by atoms with Crippen molar-refractivity contribution >= 4 is 34.9 Å². The summed E-state index contributed by atoms with van der Waals surface area (Å²) in [5.74, 6) is -0.269. The third-order valence-corrected chi connectivity index (χ3v) is 5.42. The Morgan fingerprint density at radius 2 is 1.80 bits per heavy atom. The van der Waals surface area contributed by atoms with Crippen molar-refractivity contribution in [2.24, 2.45) is 5.16 Å². The van der Waals surface area contributed by atoms with Gasteiger partial charge in [0.05, 0.1) is 16.1 Å². The monoisotopic (exact) mass is 451 g/mol. The number of rotatable bonds is 8. The molecule has 1 fully saturated rings. The lowest BCUT2D eigenvalue weighted by Crippen LogP contribution is -2.20. The maximum Gasteiger partial charge on any atom is 0.358 e. The number of carboxylic acids is 1. The van der Waals surface area contributed by atoms with Gasteiger partial charge in [-0.25, -0.2) is 4.79 Å². The lowest BCUT2D eigenvalue weighted by molar-refractivity contribution is -0.129. The van der Waals surface area contributed by atoms with Gasteiger partial charge in [-0.05, 0) is 31.2 Å². The van der Waals surface area contributed by atoms with E-state index in [0.29, 0.717) is 32.7 Å². The van der Waals surface area contributed by atoms with Gasteiger partial charge >= 0.3 is 5.97 Å². The maximum atomic E-state index is 11.5. The number of benzene rings is 2. The standard InChI is InChI=1S/C22H23Cl2NO5/c1-28-25-20(22(26)27)17-10-6-5-7-14(17)13-29-16-11-18(23)21(19(24)12-16)30-15-8-3-2-4-9-15/h5-7,10-12,15H,2-4,8-9,13H2,1H3,(H,26,27)/b25-20+. The van der Waals surface area contributed by atoms with E-state index in [1.165, 1.54) is 13.5 Å². The van der Waals surface area contributed by atoms with Crippen molar-refractivity contribution in [3.63, 3.8) is 0 Å². The van der Waals surface area contributed by atoms with Crippen LogP contribution in [0.25, 0.3) is 0 Å². The quantitative estimate of drug-likeness (QED) is 0.410. The number of ether oxygens (including phenoxy) is 2. The maximum absolute atomic E-state index is 11.5. The summed E-state index contributed by atoms with van der Waals surface area (Å²) in [7, 11) is 1.29. The molecule has 2 aromatic carbocycles. The lowest BCUT2D eigenvalue weighted by atomic mass is 9.98. The number of oxime groups is 1. The molecule has 0 bridgehead atoms. The number of carboxylic acid groups (broad SMARTS) is 1. The average molecular weight is 452 g/mol. The zero-order valence-corrected chi connectivity index (χ0v) is 18.1. The van der Waals surface area contributed by atoms with Gasteiger partial charge in [-0.2, -0.15) is 0 Å². The molecule has 0 aliphatic heterocycles. The first kappa shape index (κ1) is 22.2. The molecule has 3 rings (SSSR count). The second-order valence-corrected chi connectivity index (χ2v) is 7.78. The highest BCUT2D eigenvalue weighted by atomic mass is 35.5. The van der Waals surface area contributed by atoms with Crippen molar-refractivity contribution in [1.82, 2.24) is 0 Å². The third kappa shape index (κ3) is 5.58. The molecule has 1 saturated carbocycles. The lowest BCUT2D eigenvalue weighted by Gasteiger charge is -2.24. The van der Waals surface area contributed by atoms with Crippen LogP contribution in [-0.2, 0) is 16.2 Å². The van der Waals surface area contributed by atoms with Crippen molar-refractivity contribution < 1.29 is 24.2 Å². The molecule has 160 valence electrons. The van der Waals surface area contributed by atoms with Crippen LogP contribution >= 0.6 is 23.2 Å². The SMILES string of the molecule is CO/N=C(/C(=O)O)c1ccccc1COc1cc(Cl)c(OC2CCCCC2)c(Cl)c1. The van der Waals surface area contributed by atoms with E-state index < -0.39 is 5.97 Å². The molecule has 1 aliphatic rings. The van der Waals surface area contributed by atoms with E-state index in [9.17, 15) is 9.90 Å². The molecule has 0 amide bonds. The van der Waals surface area contributed by atoms with Gasteiger partial charge < -0.3 is 19.4 Å². The van der Waals surface area contributed by atoms with Crippen LogP contribution in [0.2, 0.25) is 10.0 Å². The molecular formula is C22H23Cl2NO5. The first-order valence-corrected chi connectivity index (χ1v) is 10.5. The number of aliphatic carboxylic acids is 1. The highest BCUT2D eigenvalue weighted by Gasteiger charge is 2.20. The molecule has 0 heterocycles. The van der Waals surface area contributed by atoms with Crippen LogP contribution in [0.5, 0.6) is 11.5 Å². The third-order valence-electron chi connectivity index (χ3n) is 4.86. The minimum absolute atomic E-state index is 0.0989. The normalized spacial score (nSPS) is 15.0. The molecule has 0 saturated heterocycles. The fourth-order valence-corrected chi connectivity index (χ4v) is 3.97. The van der Waals surface area contributed by atoms with Crippen molar-refractivity contribution in [2.75, 3.05) is 7.11 Å². The minimum atomic E-state index is -1.19. The van der Waals surface area contributed by atoms with Crippen LogP contribution < -0.4 is 9.47 Å². The smallest absolute Gasteiger partial charge is 0.358 e. The molecule has 30 heavy (non-hydrogen) atoms. The van der Waals surface area contributed by atoms with E-state index in [2.05, 4.69) is 9.99 Å². The summed E-state index contributed by atoms with van der Waals surface area (Å²) in [6.07, 6.45) is 5.64. The Bertz CT molecular complexity index is 902. The Morgan fingerprint density at radius 3 is 2.43 bits per heavy atom. The fourth-order valence-electron chi connectivity index (χ4n) is 3.42. The first-order valence-electron chi connectivity index (χ1n) is 9.70. The Hall–Kier alpha value is -2.44. The van der Waals surface area contributed by atoms with Gasteiger partial charge in [0, 0.05) is 17.7 Å². The Balaban J connectivity index is 1.75. The molecule has 0 spiro atoms. The van der Waals surface area contributed by atoms with Crippen molar-refractivity contribution in [3.05, 3.63) is 57.6 Å². The summed E-state index contributed by atoms with van der Waals surface area (Å²) in [4.78, 5) is 16.2. The topological polar surface area (TPSA) is 77.4 Å². The zero-order chi connectivity index (χ0) is 21.5. The predicted octanol–water partition coefficient (Wildman–Crippen LogP) is 5.72. The highest BCUT2D eigenvalue weighted by Crippen LogP contribution is 2.39. The number of carbonyl (C=O) groups is 1. The van der Waals surface area contributed by atoms with Crippen molar-refractivity contribution in [3.8, 4) is 11.5 Å². The summed E-state index contributed by atoms with van der Waals surface area (Å²) >= 11 is 12.8. The second-order valence-electron chi connectivity index (χ2n) is 6.97. The summed E-state index contributed by atoms with van der Waals surface area (Å²) in [6, 6.07) is 10.2. The van der Waals surface area contributed by atoms with E-state index in [0.717, 1.165) is 25.7 Å². The molecule has 6 nitrogen and oxygen atoms in total. The first-order chi connectivity index (χ1) is 14.5. The van der Waals surface area contributed by atoms with Gasteiger partial charge in [-0.15, -0.1) is 0 Å². The molecule has 0 aromatic heterocycles. The summed E-state index contributed by atoms with van der Waals surface area (Å²) in [5, 5.41) is 13.8. The molecule has 1 N–H and O–H groups in total. The van der Waals surface area contributed by atoms with Crippen molar-refractivity contribution in [1.29, 1.82) is 0 Å². The van der Waals surface area contributed by atoms with Gasteiger partial charge in [0.2, 0.25) is 0 Å². The van der Waals surface area contributed by atoms with Crippen LogP contribution in [0.3, 0.4) is 0 Å². The van der Waals surface area contributed by atoms with Gasteiger partial charge in [0.15, 0.2) is 11.5 Å². The number of hydrogen-bond acceptors (Lipinski definition) is 5. The number of halogens is 2. The minimum Gasteiger partial charge on any atom is -0.489 e. The second kappa shape index (κ2) is 10.5. The molecule has 1 aliphatic carbocycles. The van der Waals surface area contributed by atoms with Crippen LogP contribution in [0.1, 0.15) is 43.2 Å². The Labute approximate surface area is 185 Å². The molecular weight excluding hydrogens is 429 g/mol. The van der Waals surface area contributed by atoms with E-state index in [-0.39, 0.29) is 18.4 Å². The summed E-state index contributed by atoms with van der Waals surface area (Å²) in [6.45, 7) is 0.0989. The highest BCUT2D eigenvalue weighted by molar-refractivity contribution is 6.42. The van der Waals surface area contributed by atoms with E-state index in [1.807, 2.05) is 0 Å². The molecule has 2 aromatic rings.